The van der Waals surface area contributed by atoms with Crippen LogP contribution >= 0.6 is 0 Å². The first-order chi connectivity index (χ1) is 6.57. The van der Waals surface area contributed by atoms with Crippen LogP contribution in [0.1, 0.15) is 40.5 Å². The monoisotopic (exact) mass is 201 g/mol. The Morgan fingerprint density at radius 3 is 2.50 bits per heavy atom. The highest BCUT2D eigenvalue weighted by molar-refractivity contribution is 5.73. The standard InChI is InChI=1S/C11H23NO2/c1-5-6-7-14-9-12(11(4)13)8-10(2)3/h10H,5-9H2,1-4H3. The molecule has 0 rings (SSSR count). The van der Waals surface area contributed by atoms with E-state index in [0.717, 1.165) is 26.0 Å². The van der Waals surface area contributed by atoms with E-state index in [9.17, 15) is 4.79 Å². The normalized spacial score (nSPS) is 10.6. The molecule has 0 unspecified atom stereocenters. The number of hydrogen-bond donors (Lipinski definition) is 0. The van der Waals surface area contributed by atoms with Gasteiger partial charge in [-0.05, 0) is 12.3 Å². The van der Waals surface area contributed by atoms with Crippen molar-refractivity contribution in [2.75, 3.05) is 19.9 Å². The topological polar surface area (TPSA) is 29.5 Å². The van der Waals surface area contributed by atoms with Crippen molar-refractivity contribution < 1.29 is 9.53 Å². The van der Waals surface area contributed by atoms with Crippen LogP contribution < -0.4 is 0 Å². The smallest absolute Gasteiger partial charge is 0.221 e. The Morgan fingerprint density at radius 1 is 1.43 bits per heavy atom. The summed E-state index contributed by atoms with van der Waals surface area (Å²) < 4.78 is 5.40. The van der Waals surface area contributed by atoms with E-state index in [0.29, 0.717) is 12.6 Å². The van der Waals surface area contributed by atoms with Crippen molar-refractivity contribution in [2.45, 2.75) is 40.5 Å². The molecule has 0 aliphatic rings. The Labute approximate surface area is 87.4 Å². The van der Waals surface area contributed by atoms with Crippen LogP contribution in [-0.2, 0) is 9.53 Å². The first kappa shape index (κ1) is 13.4. The van der Waals surface area contributed by atoms with E-state index >= 15 is 0 Å². The van der Waals surface area contributed by atoms with Crippen molar-refractivity contribution in [3.8, 4) is 0 Å². The molecule has 0 saturated heterocycles. The van der Waals surface area contributed by atoms with Crippen LogP contribution in [0.4, 0.5) is 0 Å². The molecule has 0 saturated carbocycles. The fourth-order valence-corrected chi connectivity index (χ4v) is 1.13. The number of carbonyl (C=O) groups is 1. The Kier molecular flexibility index (Phi) is 7.48. The number of rotatable bonds is 7. The molecular formula is C11H23NO2. The van der Waals surface area contributed by atoms with Gasteiger partial charge in [-0.15, -0.1) is 0 Å². The van der Waals surface area contributed by atoms with Gasteiger partial charge in [0.2, 0.25) is 5.91 Å². The van der Waals surface area contributed by atoms with Crippen LogP contribution in [0.3, 0.4) is 0 Å². The second-order valence-electron chi connectivity index (χ2n) is 4.03. The molecule has 14 heavy (non-hydrogen) atoms. The summed E-state index contributed by atoms with van der Waals surface area (Å²) in [6, 6.07) is 0. The Hall–Kier alpha value is -0.570. The molecule has 0 fully saturated rings. The predicted molar refractivity (Wildman–Crippen MR) is 58.0 cm³/mol. The Balaban J connectivity index is 3.68. The second-order valence-corrected chi connectivity index (χ2v) is 4.03. The summed E-state index contributed by atoms with van der Waals surface area (Å²) in [7, 11) is 0. The molecule has 0 aromatic carbocycles. The molecule has 0 bridgehead atoms. The zero-order chi connectivity index (χ0) is 11.0. The van der Waals surface area contributed by atoms with E-state index < -0.39 is 0 Å². The van der Waals surface area contributed by atoms with Crippen molar-refractivity contribution >= 4 is 5.91 Å². The SMILES string of the molecule is CCCCOCN(CC(C)C)C(C)=O. The van der Waals surface area contributed by atoms with Gasteiger partial charge in [-0.1, -0.05) is 27.2 Å². The lowest BCUT2D eigenvalue weighted by Crippen LogP contribution is -2.34. The molecule has 0 aliphatic carbocycles. The third-order valence-corrected chi connectivity index (χ3v) is 1.92. The molecule has 3 heteroatoms. The summed E-state index contributed by atoms with van der Waals surface area (Å²) in [5.41, 5.74) is 0. The maximum Gasteiger partial charge on any atom is 0.221 e. The zero-order valence-electron chi connectivity index (χ0n) is 9.88. The summed E-state index contributed by atoms with van der Waals surface area (Å²) in [6.45, 7) is 9.88. The van der Waals surface area contributed by atoms with E-state index in [1.165, 1.54) is 0 Å². The molecule has 0 spiro atoms. The lowest BCUT2D eigenvalue weighted by Gasteiger charge is -2.22. The summed E-state index contributed by atoms with van der Waals surface area (Å²) in [5.74, 6) is 0.587. The van der Waals surface area contributed by atoms with Crippen LogP contribution in [0.5, 0.6) is 0 Å². The van der Waals surface area contributed by atoms with Gasteiger partial charge in [0.15, 0.2) is 0 Å². The van der Waals surface area contributed by atoms with Gasteiger partial charge in [0.1, 0.15) is 6.73 Å². The van der Waals surface area contributed by atoms with Gasteiger partial charge in [0.25, 0.3) is 0 Å². The van der Waals surface area contributed by atoms with Crippen LogP contribution in [0.25, 0.3) is 0 Å². The molecular weight excluding hydrogens is 178 g/mol. The summed E-state index contributed by atoms with van der Waals surface area (Å²) in [6.07, 6.45) is 2.19. The second kappa shape index (κ2) is 7.80. The fourth-order valence-electron chi connectivity index (χ4n) is 1.13. The Bertz CT molecular complexity index is 157. The molecule has 84 valence electrons. The van der Waals surface area contributed by atoms with Gasteiger partial charge in [-0.3, -0.25) is 4.79 Å². The molecule has 1 amide bonds. The van der Waals surface area contributed by atoms with Crippen LogP contribution in [0.2, 0.25) is 0 Å². The molecule has 0 aromatic rings. The molecule has 3 nitrogen and oxygen atoms in total. The number of hydrogen-bond acceptors (Lipinski definition) is 2. The van der Waals surface area contributed by atoms with Crippen LogP contribution in [-0.4, -0.2) is 30.7 Å². The molecule has 0 N–H and O–H groups in total. The van der Waals surface area contributed by atoms with E-state index in [2.05, 4.69) is 20.8 Å². The fraction of sp³-hybridized carbons (Fsp3) is 0.909. The number of amides is 1. The molecule has 0 aromatic heterocycles. The maximum atomic E-state index is 11.2. The van der Waals surface area contributed by atoms with Gasteiger partial charge in [0.05, 0.1) is 0 Å². The third-order valence-electron chi connectivity index (χ3n) is 1.92. The van der Waals surface area contributed by atoms with Crippen molar-refractivity contribution in [2.24, 2.45) is 5.92 Å². The van der Waals surface area contributed by atoms with Crippen molar-refractivity contribution in [1.82, 2.24) is 4.90 Å². The maximum absolute atomic E-state index is 11.2. The first-order valence-corrected chi connectivity index (χ1v) is 5.41. The lowest BCUT2D eigenvalue weighted by molar-refractivity contribution is -0.135. The number of nitrogens with zero attached hydrogens (tertiary/aromatic N) is 1. The van der Waals surface area contributed by atoms with E-state index in [1.54, 1.807) is 11.8 Å². The molecule has 0 heterocycles. The van der Waals surface area contributed by atoms with Gasteiger partial charge in [0, 0.05) is 20.1 Å². The van der Waals surface area contributed by atoms with Gasteiger partial charge in [-0.2, -0.15) is 0 Å². The Morgan fingerprint density at radius 2 is 2.07 bits per heavy atom. The summed E-state index contributed by atoms with van der Waals surface area (Å²) in [5, 5.41) is 0. The largest absolute Gasteiger partial charge is 0.361 e. The van der Waals surface area contributed by atoms with E-state index in [4.69, 9.17) is 4.74 Å². The van der Waals surface area contributed by atoms with Gasteiger partial charge < -0.3 is 9.64 Å². The van der Waals surface area contributed by atoms with Crippen LogP contribution in [0, 0.1) is 5.92 Å². The van der Waals surface area contributed by atoms with Gasteiger partial charge in [-0.25, -0.2) is 0 Å². The van der Waals surface area contributed by atoms with Crippen LogP contribution in [0.15, 0.2) is 0 Å². The summed E-state index contributed by atoms with van der Waals surface area (Å²) >= 11 is 0. The predicted octanol–water partition coefficient (Wildman–Crippen LogP) is 2.27. The van der Waals surface area contributed by atoms with Crippen molar-refractivity contribution in [3.05, 3.63) is 0 Å². The zero-order valence-corrected chi connectivity index (χ0v) is 9.88. The highest BCUT2D eigenvalue weighted by atomic mass is 16.5. The van der Waals surface area contributed by atoms with Crippen molar-refractivity contribution in [1.29, 1.82) is 0 Å². The molecule has 0 atom stereocenters. The number of carbonyl (C=O) groups excluding carboxylic acids is 1. The quantitative estimate of drug-likeness (QED) is 0.467. The highest BCUT2D eigenvalue weighted by Crippen LogP contribution is 2.00. The highest BCUT2D eigenvalue weighted by Gasteiger charge is 2.09. The minimum atomic E-state index is 0.0928. The first-order valence-electron chi connectivity index (χ1n) is 5.41. The van der Waals surface area contributed by atoms with Gasteiger partial charge >= 0.3 is 0 Å². The van der Waals surface area contributed by atoms with Crippen molar-refractivity contribution in [3.63, 3.8) is 0 Å². The van der Waals surface area contributed by atoms with E-state index in [-0.39, 0.29) is 5.91 Å². The molecule has 0 radical (unpaired) electrons. The average molecular weight is 201 g/mol. The lowest BCUT2D eigenvalue weighted by atomic mass is 10.2. The summed E-state index contributed by atoms with van der Waals surface area (Å²) in [4.78, 5) is 12.9. The number of unbranched alkanes of at least 4 members (excludes halogenated alkanes) is 1. The minimum absolute atomic E-state index is 0.0928. The molecule has 0 aliphatic heterocycles. The minimum Gasteiger partial charge on any atom is -0.361 e. The average Bonchev–Trinajstić information content (AvgIpc) is 2.09. The third kappa shape index (κ3) is 6.89. The van der Waals surface area contributed by atoms with E-state index in [1.807, 2.05) is 0 Å². The number of ether oxygens (including phenoxy) is 1.